The number of pyridine rings is 1. The molecular formula is C17H14F3N3O2S. The molecule has 0 saturated heterocycles. The minimum absolute atomic E-state index is 0.0288. The van der Waals surface area contributed by atoms with Crippen molar-refractivity contribution in [1.29, 1.82) is 0 Å². The SMILES string of the molecule is O=S(=O)(Nc1ccc(-c2ccnc3[nH]ccc23)c(C(F)(F)F)c1)C1CC1. The van der Waals surface area contributed by atoms with E-state index in [0.717, 1.165) is 6.07 Å². The van der Waals surface area contributed by atoms with E-state index in [1.807, 2.05) is 0 Å². The van der Waals surface area contributed by atoms with Crippen molar-refractivity contribution >= 4 is 26.7 Å². The van der Waals surface area contributed by atoms with Gasteiger partial charge in [0.25, 0.3) is 0 Å². The van der Waals surface area contributed by atoms with Crippen LogP contribution in [-0.2, 0) is 16.2 Å². The zero-order valence-electron chi connectivity index (χ0n) is 13.3. The van der Waals surface area contributed by atoms with Crippen molar-refractivity contribution < 1.29 is 21.6 Å². The summed E-state index contributed by atoms with van der Waals surface area (Å²) >= 11 is 0. The van der Waals surface area contributed by atoms with Gasteiger partial charge in [0.1, 0.15) is 5.65 Å². The molecule has 1 saturated carbocycles. The number of H-pyrrole nitrogens is 1. The van der Waals surface area contributed by atoms with Crippen LogP contribution in [0, 0.1) is 0 Å². The second-order valence-electron chi connectivity index (χ2n) is 6.20. The maximum absolute atomic E-state index is 13.6. The fraction of sp³-hybridized carbons (Fsp3) is 0.235. The molecule has 1 aliphatic rings. The normalized spacial score (nSPS) is 15.3. The maximum Gasteiger partial charge on any atom is 0.417 e. The van der Waals surface area contributed by atoms with Crippen LogP contribution in [0.4, 0.5) is 18.9 Å². The summed E-state index contributed by atoms with van der Waals surface area (Å²) in [5, 5.41) is 0.0421. The van der Waals surface area contributed by atoms with Crippen molar-refractivity contribution in [2.45, 2.75) is 24.3 Å². The molecule has 0 unspecified atom stereocenters. The molecule has 136 valence electrons. The number of rotatable bonds is 4. The van der Waals surface area contributed by atoms with Crippen LogP contribution < -0.4 is 4.72 Å². The van der Waals surface area contributed by atoms with Gasteiger partial charge in [0.15, 0.2) is 0 Å². The molecule has 3 aromatic rings. The highest BCUT2D eigenvalue weighted by molar-refractivity contribution is 7.93. The molecule has 1 aromatic carbocycles. The predicted molar refractivity (Wildman–Crippen MR) is 92.1 cm³/mol. The van der Waals surface area contributed by atoms with Gasteiger partial charge >= 0.3 is 6.18 Å². The summed E-state index contributed by atoms with van der Waals surface area (Å²) in [6, 6.07) is 6.64. The second-order valence-corrected chi connectivity index (χ2v) is 8.16. The number of hydrogen-bond acceptors (Lipinski definition) is 3. The van der Waals surface area contributed by atoms with E-state index in [2.05, 4.69) is 14.7 Å². The van der Waals surface area contributed by atoms with Gasteiger partial charge in [0, 0.05) is 23.5 Å². The van der Waals surface area contributed by atoms with Crippen molar-refractivity contribution in [3.05, 3.63) is 48.3 Å². The van der Waals surface area contributed by atoms with Gasteiger partial charge in [-0.2, -0.15) is 13.2 Å². The standard InChI is InChI=1S/C17H14F3N3O2S/c18-17(19,20)15-9-10(23-26(24,25)11-2-3-11)1-4-13(15)12-5-7-21-16-14(12)6-8-22-16/h1,4-9,11,23H,2-3H2,(H,21,22). The Labute approximate surface area is 147 Å². The van der Waals surface area contributed by atoms with Gasteiger partial charge in [-0.15, -0.1) is 0 Å². The first-order valence-corrected chi connectivity index (χ1v) is 9.46. The Bertz CT molecular complexity index is 1090. The van der Waals surface area contributed by atoms with Crippen molar-refractivity contribution in [1.82, 2.24) is 9.97 Å². The number of fused-ring (bicyclic) bond motifs is 1. The minimum Gasteiger partial charge on any atom is -0.346 e. The van der Waals surface area contributed by atoms with Crippen molar-refractivity contribution in [3.63, 3.8) is 0 Å². The molecule has 26 heavy (non-hydrogen) atoms. The summed E-state index contributed by atoms with van der Waals surface area (Å²) in [6.07, 6.45) is -0.545. The molecule has 4 rings (SSSR count). The zero-order chi connectivity index (χ0) is 18.5. The van der Waals surface area contributed by atoms with Crippen LogP contribution >= 0.6 is 0 Å². The first kappa shape index (κ1) is 16.9. The molecule has 1 aliphatic carbocycles. The monoisotopic (exact) mass is 381 g/mol. The number of sulfonamides is 1. The average Bonchev–Trinajstić information content (AvgIpc) is 3.32. The van der Waals surface area contributed by atoms with Crippen LogP contribution in [0.3, 0.4) is 0 Å². The predicted octanol–water partition coefficient (Wildman–Crippen LogP) is 4.15. The maximum atomic E-state index is 13.6. The Morgan fingerprint density at radius 3 is 2.58 bits per heavy atom. The minimum atomic E-state index is -4.64. The molecule has 0 spiro atoms. The van der Waals surface area contributed by atoms with Gasteiger partial charge in [0.05, 0.1) is 10.8 Å². The lowest BCUT2D eigenvalue weighted by Gasteiger charge is -2.16. The molecule has 2 heterocycles. The van der Waals surface area contributed by atoms with Crippen molar-refractivity contribution in [2.24, 2.45) is 0 Å². The quantitative estimate of drug-likeness (QED) is 0.713. The van der Waals surface area contributed by atoms with Gasteiger partial charge in [-0.05, 0) is 48.2 Å². The summed E-state index contributed by atoms with van der Waals surface area (Å²) in [4.78, 5) is 6.95. The lowest BCUT2D eigenvalue weighted by Crippen LogP contribution is -2.18. The van der Waals surface area contributed by atoms with Gasteiger partial charge in [-0.3, -0.25) is 4.72 Å². The number of aromatic nitrogens is 2. The van der Waals surface area contributed by atoms with Crippen LogP contribution in [0.1, 0.15) is 18.4 Å². The zero-order valence-corrected chi connectivity index (χ0v) is 14.2. The summed E-state index contributed by atoms with van der Waals surface area (Å²) in [5.74, 6) is 0. The molecule has 0 radical (unpaired) electrons. The number of hydrogen-bond donors (Lipinski definition) is 2. The van der Waals surface area contributed by atoms with Crippen LogP contribution in [-0.4, -0.2) is 23.6 Å². The van der Waals surface area contributed by atoms with E-state index >= 15 is 0 Å². The van der Waals surface area contributed by atoms with E-state index in [9.17, 15) is 21.6 Å². The van der Waals surface area contributed by atoms with Crippen LogP contribution in [0.25, 0.3) is 22.2 Å². The Morgan fingerprint density at radius 2 is 1.88 bits per heavy atom. The van der Waals surface area contributed by atoms with Gasteiger partial charge in [-0.25, -0.2) is 13.4 Å². The number of nitrogens with one attached hydrogen (secondary N) is 2. The third-order valence-electron chi connectivity index (χ3n) is 4.30. The van der Waals surface area contributed by atoms with E-state index < -0.39 is 27.0 Å². The topological polar surface area (TPSA) is 74.8 Å². The first-order chi connectivity index (χ1) is 12.3. The average molecular weight is 381 g/mol. The summed E-state index contributed by atoms with van der Waals surface area (Å²) in [6.45, 7) is 0. The third kappa shape index (κ3) is 3.03. The van der Waals surface area contributed by atoms with Gasteiger partial charge in [0.2, 0.25) is 10.0 Å². The van der Waals surface area contributed by atoms with E-state index in [0.29, 0.717) is 29.4 Å². The molecule has 1 fully saturated rings. The fourth-order valence-corrected chi connectivity index (χ4v) is 4.28. The third-order valence-corrected chi connectivity index (χ3v) is 6.17. The lowest BCUT2D eigenvalue weighted by molar-refractivity contribution is -0.137. The summed E-state index contributed by atoms with van der Waals surface area (Å²) < 4.78 is 67.2. The Kier molecular flexibility index (Phi) is 3.72. The summed E-state index contributed by atoms with van der Waals surface area (Å²) in [5.41, 5.74) is -0.164. The van der Waals surface area contributed by atoms with E-state index in [4.69, 9.17) is 0 Å². The van der Waals surface area contributed by atoms with Crippen LogP contribution in [0.15, 0.2) is 42.7 Å². The van der Waals surface area contributed by atoms with Gasteiger partial charge in [-0.1, -0.05) is 6.07 Å². The molecule has 0 bridgehead atoms. The molecule has 5 nitrogen and oxygen atoms in total. The largest absolute Gasteiger partial charge is 0.417 e. The Balaban J connectivity index is 1.84. The van der Waals surface area contributed by atoms with Crippen LogP contribution in [0.5, 0.6) is 0 Å². The molecule has 2 aromatic heterocycles. The van der Waals surface area contributed by atoms with Crippen LogP contribution in [0.2, 0.25) is 0 Å². The number of alkyl halides is 3. The second kappa shape index (κ2) is 5.73. The molecule has 9 heteroatoms. The van der Waals surface area contributed by atoms with Crippen molar-refractivity contribution in [3.8, 4) is 11.1 Å². The highest BCUT2D eigenvalue weighted by Crippen LogP contribution is 2.41. The molecular weight excluding hydrogens is 367 g/mol. The van der Waals surface area contributed by atoms with E-state index in [-0.39, 0.29) is 11.3 Å². The molecule has 0 amide bonds. The highest BCUT2D eigenvalue weighted by Gasteiger charge is 2.37. The number of aromatic amines is 1. The molecule has 0 atom stereocenters. The van der Waals surface area contributed by atoms with E-state index in [1.165, 1.54) is 24.4 Å². The van der Waals surface area contributed by atoms with Crippen molar-refractivity contribution in [2.75, 3.05) is 4.72 Å². The number of halogens is 3. The van der Waals surface area contributed by atoms with E-state index in [1.54, 1.807) is 12.3 Å². The highest BCUT2D eigenvalue weighted by atomic mass is 32.2. The smallest absolute Gasteiger partial charge is 0.346 e. The summed E-state index contributed by atoms with van der Waals surface area (Å²) in [7, 11) is -3.64. The first-order valence-electron chi connectivity index (χ1n) is 7.91. The number of nitrogens with zero attached hydrogens (tertiary/aromatic N) is 1. The lowest BCUT2D eigenvalue weighted by atomic mass is 9.97. The fourth-order valence-electron chi connectivity index (χ4n) is 2.90. The Hall–Kier alpha value is -2.55. The molecule has 0 aliphatic heterocycles. The molecule has 2 N–H and O–H groups in total. The number of benzene rings is 1. The number of anilines is 1. The Morgan fingerprint density at radius 1 is 1.12 bits per heavy atom. The van der Waals surface area contributed by atoms with Gasteiger partial charge < -0.3 is 4.98 Å².